The van der Waals surface area contributed by atoms with Crippen molar-refractivity contribution < 1.29 is 18.3 Å². The van der Waals surface area contributed by atoms with Crippen molar-refractivity contribution in [1.29, 1.82) is 0 Å². The highest BCUT2D eigenvalue weighted by Gasteiger charge is 2.38. The summed E-state index contributed by atoms with van der Waals surface area (Å²) in [6, 6.07) is 9.51. The largest absolute Gasteiger partial charge is 0.487 e. The van der Waals surface area contributed by atoms with Gasteiger partial charge in [-0.3, -0.25) is 4.79 Å². The van der Waals surface area contributed by atoms with E-state index in [9.17, 15) is 13.6 Å². The highest BCUT2D eigenvalue weighted by atomic mass is 35.5. The number of pyridine rings is 1. The summed E-state index contributed by atoms with van der Waals surface area (Å²) in [5.41, 5.74) is 2.39. The molecule has 0 saturated carbocycles. The number of nitrogens with one attached hydrogen (secondary N) is 1. The zero-order valence-corrected chi connectivity index (χ0v) is 22.3. The molecule has 1 atom stereocenters. The maximum atomic E-state index is 14.5. The molecular formula is C28H28ClF2N5O2. The van der Waals surface area contributed by atoms with Crippen LogP contribution in [-0.2, 0) is 11.4 Å². The summed E-state index contributed by atoms with van der Waals surface area (Å²) < 4.78 is 35.9. The molecule has 0 bridgehead atoms. The zero-order chi connectivity index (χ0) is 27.2. The van der Waals surface area contributed by atoms with Crippen molar-refractivity contribution in [2.45, 2.75) is 45.9 Å². The topological polar surface area (TPSA) is 72.3 Å². The van der Waals surface area contributed by atoms with Crippen molar-refractivity contribution in [2.24, 2.45) is 0 Å². The van der Waals surface area contributed by atoms with Crippen LogP contribution >= 0.6 is 11.6 Å². The second-order valence-corrected chi connectivity index (χ2v) is 10.4. The molecule has 4 aromatic rings. The summed E-state index contributed by atoms with van der Waals surface area (Å²) in [6.45, 7) is 8.51. The van der Waals surface area contributed by atoms with Crippen molar-refractivity contribution in [3.8, 4) is 11.4 Å². The van der Waals surface area contributed by atoms with Crippen LogP contribution in [0.1, 0.15) is 43.6 Å². The molecule has 3 heterocycles. The Hall–Kier alpha value is -3.56. The number of fused-ring (bicyclic) bond motifs is 1. The smallest absolute Gasteiger partial charge is 0.242 e. The van der Waals surface area contributed by atoms with Crippen molar-refractivity contribution >= 4 is 28.4 Å². The Balaban J connectivity index is 1.50. The summed E-state index contributed by atoms with van der Waals surface area (Å²) in [7, 11) is 0. The molecule has 10 heteroatoms. The standard InChI is InChI=1S/C28H28ClF2N5O2/c1-16-10-24(36-14-19(31)13-33-36)20-6-5-7-25(26(20)34-16)38-15-22-21(11-18(30)12-23(22)29)17(2)35-9-8-32-28(3,4)27(35)37/h5-7,10-14,17,32H,8-9,15H2,1-4H3/t17-/m0/s1. The Morgan fingerprint density at radius 3 is 2.74 bits per heavy atom. The van der Waals surface area contributed by atoms with E-state index in [0.717, 1.165) is 11.6 Å². The quantitative estimate of drug-likeness (QED) is 0.350. The van der Waals surface area contributed by atoms with Crippen LogP contribution in [-0.4, -0.2) is 44.2 Å². The van der Waals surface area contributed by atoms with Crippen molar-refractivity contribution in [3.05, 3.63) is 82.3 Å². The molecule has 0 unspecified atom stereocenters. The summed E-state index contributed by atoms with van der Waals surface area (Å²) in [5.74, 6) is -0.516. The van der Waals surface area contributed by atoms with Gasteiger partial charge in [-0.25, -0.2) is 18.4 Å². The lowest BCUT2D eigenvalue weighted by atomic mass is 9.95. The van der Waals surface area contributed by atoms with Gasteiger partial charge in [0, 0.05) is 29.7 Å². The first kappa shape index (κ1) is 26.1. The molecule has 0 spiro atoms. The van der Waals surface area contributed by atoms with E-state index in [4.69, 9.17) is 16.3 Å². The minimum atomic E-state index is -0.720. The number of nitrogens with zero attached hydrogens (tertiary/aromatic N) is 4. The number of para-hydroxylation sites is 1. The third-order valence-corrected chi connectivity index (χ3v) is 7.24. The van der Waals surface area contributed by atoms with Crippen LogP contribution in [0.15, 0.2) is 48.8 Å². The molecule has 5 rings (SSSR count). The maximum absolute atomic E-state index is 14.5. The van der Waals surface area contributed by atoms with E-state index < -0.39 is 23.2 Å². The van der Waals surface area contributed by atoms with Gasteiger partial charge in [0.1, 0.15) is 23.7 Å². The molecular weight excluding hydrogens is 512 g/mol. The maximum Gasteiger partial charge on any atom is 0.242 e. The number of piperazine rings is 1. The Labute approximate surface area is 224 Å². The highest BCUT2D eigenvalue weighted by molar-refractivity contribution is 6.31. The number of amides is 1. The molecule has 38 heavy (non-hydrogen) atoms. The molecule has 1 amide bonds. The monoisotopic (exact) mass is 539 g/mol. The predicted molar refractivity (Wildman–Crippen MR) is 142 cm³/mol. The van der Waals surface area contributed by atoms with Crippen molar-refractivity contribution in [3.63, 3.8) is 0 Å². The van der Waals surface area contributed by atoms with Gasteiger partial charge in [-0.15, -0.1) is 0 Å². The van der Waals surface area contributed by atoms with E-state index in [-0.39, 0.29) is 17.5 Å². The lowest BCUT2D eigenvalue weighted by Gasteiger charge is -2.41. The van der Waals surface area contributed by atoms with Gasteiger partial charge in [0.2, 0.25) is 5.91 Å². The molecule has 0 aliphatic carbocycles. The fourth-order valence-corrected chi connectivity index (χ4v) is 5.20. The van der Waals surface area contributed by atoms with E-state index in [1.807, 2.05) is 45.9 Å². The van der Waals surface area contributed by atoms with E-state index in [0.29, 0.717) is 46.9 Å². The number of carbonyl (C=O) groups excluding carboxylic acids is 1. The number of aryl methyl sites for hydroxylation is 1. The SMILES string of the molecule is Cc1cc(-n2cc(F)cn2)c2cccc(OCc3c(Cl)cc(F)cc3[C@H](C)N3CCNC(C)(C)C3=O)c2n1. The first-order chi connectivity index (χ1) is 18.0. The van der Waals surface area contributed by atoms with E-state index in [1.54, 1.807) is 11.0 Å². The molecule has 1 aliphatic rings. The number of hydrogen-bond acceptors (Lipinski definition) is 5. The molecule has 1 saturated heterocycles. The van der Waals surface area contributed by atoms with E-state index in [1.165, 1.54) is 23.0 Å². The predicted octanol–water partition coefficient (Wildman–Crippen LogP) is 5.51. The number of halogens is 3. The average Bonchev–Trinajstić information content (AvgIpc) is 3.30. The molecule has 1 aliphatic heterocycles. The average molecular weight is 540 g/mol. The van der Waals surface area contributed by atoms with Gasteiger partial charge < -0.3 is 15.0 Å². The minimum Gasteiger partial charge on any atom is -0.487 e. The van der Waals surface area contributed by atoms with Crippen molar-refractivity contribution in [2.75, 3.05) is 13.1 Å². The van der Waals surface area contributed by atoms with Crippen molar-refractivity contribution in [1.82, 2.24) is 25.0 Å². The van der Waals surface area contributed by atoms with Gasteiger partial charge >= 0.3 is 0 Å². The van der Waals surface area contributed by atoms with Crippen LogP contribution in [0, 0.1) is 18.6 Å². The van der Waals surface area contributed by atoms with Gasteiger partial charge in [-0.2, -0.15) is 5.10 Å². The molecule has 1 fully saturated rings. The molecule has 2 aromatic heterocycles. The number of hydrogen-bond donors (Lipinski definition) is 1. The number of rotatable bonds is 6. The second kappa shape index (κ2) is 9.96. The lowest BCUT2D eigenvalue weighted by Crippen LogP contribution is -2.61. The first-order valence-electron chi connectivity index (χ1n) is 12.3. The second-order valence-electron chi connectivity index (χ2n) is 10.0. The van der Waals surface area contributed by atoms with Crippen LogP contribution in [0.2, 0.25) is 5.02 Å². The Morgan fingerprint density at radius 1 is 1.21 bits per heavy atom. The van der Waals surface area contributed by atoms with Gasteiger partial charge in [-0.05, 0) is 57.5 Å². The fourth-order valence-electron chi connectivity index (χ4n) is 4.93. The molecule has 198 valence electrons. The highest BCUT2D eigenvalue weighted by Crippen LogP contribution is 2.34. The third kappa shape index (κ3) is 4.83. The number of aromatic nitrogens is 3. The van der Waals surface area contributed by atoms with Crippen LogP contribution in [0.5, 0.6) is 5.75 Å². The van der Waals surface area contributed by atoms with E-state index in [2.05, 4.69) is 15.4 Å². The molecule has 2 aromatic carbocycles. The van der Waals surface area contributed by atoms with Crippen LogP contribution in [0.3, 0.4) is 0 Å². The Morgan fingerprint density at radius 2 is 2.00 bits per heavy atom. The minimum absolute atomic E-state index is 0.0307. The lowest BCUT2D eigenvalue weighted by molar-refractivity contribution is -0.142. The van der Waals surface area contributed by atoms with Gasteiger partial charge in [0.05, 0.1) is 34.7 Å². The summed E-state index contributed by atoms with van der Waals surface area (Å²) in [5, 5.41) is 8.25. The third-order valence-electron chi connectivity index (χ3n) is 6.91. The van der Waals surface area contributed by atoms with Crippen LogP contribution in [0.4, 0.5) is 8.78 Å². The van der Waals surface area contributed by atoms with Gasteiger partial charge in [0.15, 0.2) is 5.82 Å². The van der Waals surface area contributed by atoms with Crippen LogP contribution < -0.4 is 10.1 Å². The molecule has 1 N–H and O–H groups in total. The molecule has 7 nitrogen and oxygen atoms in total. The van der Waals surface area contributed by atoms with Gasteiger partial charge in [0.25, 0.3) is 0 Å². The first-order valence-corrected chi connectivity index (χ1v) is 12.7. The number of ether oxygens (including phenoxy) is 1. The Bertz CT molecular complexity index is 1540. The Kier molecular flexibility index (Phi) is 6.83. The molecule has 0 radical (unpaired) electrons. The summed E-state index contributed by atoms with van der Waals surface area (Å²) in [6.07, 6.45) is 2.44. The van der Waals surface area contributed by atoms with Gasteiger partial charge in [-0.1, -0.05) is 23.7 Å². The summed E-state index contributed by atoms with van der Waals surface area (Å²) >= 11 is 6.53. The number of benzene rings is 2. The fraction of sp³-hybridized carbons (Fsp3) is 0.321. The summed E-state index contributed by atoms with van der Waals surface area (Å²) in [4.78, 5) is 19.5. The van der Waals surface area contributed by atoms with E-state index >= 15 is 0 Å². The normalized spacial score (nSPS) is 16.2. The zero-order valence-electron chi connectivity index (χ0n) is 21.6. The van der Waals surface area contributed by atoms with Crippen LogP contribution in [0.25, 0.3) is 16.6 Å². The number of carbonyl (C=O) groups is 1.